The van der Waals surface area contributed by atoms with Crippen molar-refractivity contribution in [2.45, 2.75) is 45.7 Å². The van der Waals surface area contributed by atoms with Crippen LogP contribution >= 0.6 is 11.6 Å². The van der Waals surface area contributed by atoms with Gasteiger partial charge in [0.2, 0.25) is 0 Å². The first kappa shape index (κ1) is 19.4. The summed E-state index contributed by atoms with van der Waals surface area (Å²) in [6, 6.07) is 10.9. The molecule has 1 aromatic carbocycles. The number of aryl methyl sites for hydroxylation is 1. The number of benzene rings is 1. The average molecular weight is 387 g/mol. The van der Waals surface area contributed by atoms with E-state index >= 15 is 0 Å². The molecule has 1 aliphatic rings. The Labute approximate surface area is 164 Å². The molecule has 6 heteroatoms. The van der Waals surface area contributed by atoms with Gasteiger partial charge in [-0.05, 0) is 63.4 Å². The number of esters is 1. The Bertz CT molecular complexity index is 847. The fraction of sp³-hybridized carbons (Fsp3) is 0.381. The number of hydrogen-bond acceptors (Lipinski definition) is 4. The van der Waals surface area contributed by atoms with Crippen molar-refractivity contribution in [3.05, 3.63) is 63.9 Å². The van der Waals surface area contributed by atoms with Gasteiger partial charge in [-0.25, -0.2) is 9.78 Å². The van der Waals surface area contributed by atoms with E-state index in [0.717, 1.165) is 18.4 Å². The van der Waals surface area contributed by atoms with E-state index in [4.69, 9.17) is 16.3 Å². The van der Waals surface area contributed by atoms with Gasteiger partial charge in [0.05, 0.1) is 23.9 Å². The smallest absolute Gasteiger partial charge is 0.339 e. The topological polar surface area (TPSA) is 59.5 Å². The van der Waals surface area contributed by atoms with E-state index in [1.54, 1.807) is 26.0 Å². The van der Waals surface area contributed by atoms with Crippen LogP contribution < -0.4 is 0 Å². The normalized spacial score (nSPS) is 14.5. The number of hydrogen-bond donors (Lipinski definition) is 0. The van der Waals surface area contributed by atoms with E-state index in [9.17, 15) is 9.59 Å². The molecule has 27 heavy (non-hydrogen) atoms. The number of carbonyl (C=O) groups excluding carboxylic acids is 2. The zero-order valence-electron chi connectivity index (χ0n) is 15.7. The number of carbonyl (C=O) groups is 2. The molecule has 1 amide bonds. The second-order valence-electron chi connectivity index (χ2n) is 6.72. The Hall–Kier alpha value is -2.40. The maximum absolute atomic E-state index is 13.2. The van der Waals surface area contributed by atoms with Crippen LogP contribution in [0.25, 0.3) is 0 Å². The average Bonchev–Trinajstić information content (AvgIpc) is 3.47. The summed E-state index contributed by atoms with van der Waals surface area (Å²) in [5, 5.41) is 0.669. The quantitative estimate of drug-likeness (QED) is 0.681. The third-order valence-electron chi connectivity index (χ3n) is 4.74. The van der Waals surface area contributed by atoms with Crippen molar-refractivity contribution in [3.8, 4) is 0 Å². The van der Waals surface area contributed by atoms with Crippen LogP contribution in [0.1, 0.15) is 64.8 Å². The lowest BCUT2D eigenvalue weighted by molar-refractivity contribution is 0.0523. The molecule has 0 radical (unpaired) electrons. The van der Waals surface area contributed by atoms with E-state index in [1.165, 1.54) is 0 Å². The minimum Gasteiger partial charge on any atom is -0.462 e. The highest BCUT2D eigenvalue weighted by Gasteiger charge is 2.37. The van der Waals surface area contributed by atoms with E-state index in [-0.39, 0.29) is 18.0 Å². The molecule has 1 fully saturated rings. The Morgan fingerprint density at radius 3 is 2.44 bits per heavy atom. The van der Waals surface area contributed by atoms with Gasteiger partial charge in [-0.3, -0.25) is 4.79 Å². The summed E-state index contributed by atoms with van der Waals surface area (Å²) in [5.41, 5.74) is 2.25. The maximum Gasteiger partial charge on any atom is 0.339 e. The van der Waals surface area contributed by atoms with Crippen molar-refractivity contribution in [2.24, 2.45) is 0 Å². The van der Waals surface area contributed by atoms with Crippen molar-refractivity contribution in [1.29, 1.82) is 0 Å². The molecule has 0 spiro atoms. The molecule has 1 atom stereocenters. The summed E-state index contributed by atoms with van der Waals surface area (Å²) in [4.78, 5) is 31.4. The summed E-state index contributed by atoms with van der Waals surface area (Å²) < 4.78 is 5.03. The molecule has 1 aromatic heterocycles. The molecule has 142 valence electrons. The predicted octanol–water partition coefficient (Wildman–Crippen LogP) is 4.59. The van der Waals surface area contributed by atoms with Gasteiger partial charge in [0.15, 0.2) is 0 Å². The fourth-order valence-electron chi connectivity index (χ4n) is 3.15. The minimum absolute atomic E-state index is 0.0888. The van der Waals surface area contributed by atoms with Crippen LogP contribution in [0.4, 0.5) is 0 Å². The van der Waals surface area contributed by atoms with Crippen LogP contribution in [0.15, 0.2) is 36.4 Å². The number of pyridine rings is 1. The van der Waals surface area contributed by atoms with E-state index in [2.05, 4.69) is 4.98 Å². The Kier molecular flexibility index (Phi) is 5.80. The van der Waals surface area contributed by atoms with Crippen LogP contribution in [-0.2, 0) is 4.74 Å². The molecule has 5 nitrogen and oxygen atoms in total. The van der Waals surface area contributed by atoms with Gasteiger partial charge >= 0.3 is 5.97 Å². The largest absolute Gasteiger partial charge is 0.462 e. The molecule has 0 aliphatic heterocycles. The van der Waals surface area contributed by atoms with Crippen LogP contribution in [0.5, 0.6) is 0 Å². The molecule has 1 unspecified atom stereocenters. The standard InChI is InChI=1S/C21H23ClN2O3/c1-4-27-21(26)18-11-12-19(23-13(18)2)20(25)24(17-9-10-17)14(3)15-5-7-16(22)8-6-15/h5-8,11-12,14,17H,4,9-10H2,1-3H3. The van der Waals surface area contributed by atoms with Crippen LogP contribution in [0, 0.1) is 6.92 Å². The van der Waals surface area contributed by atoms with Crippen molar-refractivity contribution >= 4 is 23.5 Å². The first-order valence-electron chi connectivity index (χ1n) is 9.15. The van der Waals surface area contributed by atoms with Gasteiger partial charge in [0.1, 0.15) is 5.69 Å². The Morgan fingerprint density at radius 1 is 1.22 bits per heavy atom. The zero-order valence-corrected chi connectivity index (χ0v) is 16.5. The van der Waals surface area contributed by atoms with Crippen LogP contribution in [0.3, 0.4) is 0 Å². The summed E-state index contributed by atoms with van der Waals surface area (Å²) in [6.45, 7) is 5.78. The molecule has 0 N–H and O–H groups in total. The van der Waals surface area contributed by atoms with Gasteiger partial charge in [-0.2, -0.15) is 0 Å². The number of ether oxygens (including phenoxy) is 1. The van der Waals surface area contributed by atoms with Gasteiger partial charge in [0.25, 0.3) is 5.91 Å². The lowest BCUT2D eigenvalue weighted by Gasteiger charge is -2.29. The molecular weight excluding hydrogens is 364 g/mol. The van der Waals surface area contributed by atoms with Crippen LogP contribution in [0.2, 0.25) is 5.02 Å². The maximum atomic E-state index is 13.2. The summed E-state index contributed by atoms with van der Waals surface area (Å²) in [7, 11) is 0. The third-order valence-corrected chi connectivity index (χ3v) is 5.00. The predicted molar refractivity (Wildman–Crippen MR) is 104 cm³/mol. The number of amides is 1. The fourth-order valence-corrected chi connectivity index (χ4v) is 3.28. The Morgan fingerprint density at radius 2 is 1.89 bits per heavy atom. The van der Waals surface area contributed by atoms with E-state index < -0.39 is 5.97 Å². The molecule has 1 aliphatic carbocycles. The molecule has 2 aromatic rings. The van der Waals surface area contributed by atoms with E-state index in [1.807, 2.05) is 36.1 Å². The molecule has 1 heterocycles. The second kappa shape index (κ2) is 8.09. The van der Waals surface area contributed by atoms with Crippen LogP contribution in [-0.4, -0.2) is 34.4 Å². The van der Waals surface area contributed by atoms with Gasteiger partial charge in [0, 0.05) is 11.1 Å². The minimum atomic E-state index is -0.421. The molecule has 3 rings (SSSR count). The lowest BCUT2D eigenvalue weighted by Crippen LogP contribution is -2.36. The van der Waals surface area contributed by atoms with Crippen molar-refractivity contribution in [2.75, 3.05) is 6.61 Å². The molecular formula is C21H23ClN2O3. The second-order valence-corrected chi connectivity index (χ2v) is 7.16. The third kappa shape index (κ3) is 4.30. The summed E-state index contributed by atoms with van der Waals surface area (Å²) in [5.74, 6) is -0.548. The molecule has 0 bridgehead atoms. The highest BCUT2D eigenvalue weighted by molar-refractivity contribution is 6.30. The monoisotopic (exact) mass is 386 g/mol. The van der Waals surface area contributed by atoms with Gasteiger partial charge < -0.3 is 9.64 Å². The highest BCUT2D eigenvalue weighted by atomic mass is 35.5. The Balaban J connectivity index is 1.86. The lowest BCUT2D eigenvalue weighted by atomic mass is 10.1. The van der Waals surface area contributed by atoms with Crippen molar-refractivity contribution in [3.63, 3.8) is 0 Å². The van der Waals surface area contributed by atoms with Gasteiger partial charge in [-0.15, -0.1) is 0 Å². The summed E-state index contributed by atoms with van der Waals surface area (Å²) in [6.07, 6.45) is 1.98. The SMILES string of the molecule is CCOC(=O)c1ccc(C(=O)N(C2CC2)C(C)c2ccc(Cl)cc2)nc1C. The number of aromatic nitrogens is 1. The zero-order chi connectivity index (χ0) is 19.6. The van der Waals surface area contributed by atoms with E-state index in [0.29, 0.717) is 28.6 Å². The molecule has 1 saturated carbocycles. The van der Waals surface area contributed by atoms with Crippen molar-refractivity contribution in [1.82, 2.24) is 9.88 Å². The van der Waals surface area contributed by atoms with Gasteiger partial charge in [-0.1, -0.05) is 23.7 Å². The van der Waals surface area contributed by atoms with Crippen molar-refractivity contribution < 1.29 is 14.3 Å². The number of halogens is 1. The summed E-state index contributed by atoms with van der Waals surface area (Å²) >= 11 is 5.98. The number of nitrogens with zero attached hydrogens (tertiary/aromatic N) is 2. The first-order valence-corrected chi connectivity index (χ1v) is 9.53. The first-order chi connectivity index (χ1) is 12.9. The highest BCUT2D eigenvalue weighted by Crippen LogP contribution is 2.35. The number of rotatable bonds is 6. The molecule has 0 saturated heterocycles.